The van der Waals surface area contributed by atoms with Gasteiger partial charge in [-0.25, -0.2) is 4.79 Å². The van der Waals surface area contributed by atoms with Crippen molar-refractivity contribution < 1.29 is 19.1 Å². The van der Waals surface area contributed by atoms with Gasteiger partial charge in [-0.2, -0.15) is 0 Å². The van der Waals surface area contributed by atoms with Crippen LogP contribution < -0.4 is 4.90 Å². The van der Waals surface area contributed by atoms with Crippen LogP contribution in [-0.4, -0.2) is 39.2 Å². The maximum atomic E-state index is 12.1. The third-order valence-electron chi connectivity index (χ3n) is 3.21. The largest absolute Gasteiger partial charge is 0.465 e. The topological polar surface area (TPSA) is 55.8 Å². The molecule has 0 N–H and O–H groups in total. The van der Waals surface area contributed by atoms with Crippen molar-refractivity contribution in [3.05, 3.63) is 29.8 Å². The molecule has 1 unspecified atom stereocenters. The summed E-state index contributed by atoms with van der Waals surface area (Å²) in [4.78, 5) is 25.3. The van der Waals surface area contributed by atoms with Gasteiger partial charge < -0.3 is 14.4 Å². The van der Waals surface area contributed by atoms with Crippen LogP contribution in [0.1, 0.15) is 30.1 Å². The normalized spacial score (nSPS) is 11.8. The molecular formula is C15H21NO4. The lowest BCUT2D eigenvalue weighted by atomic mass is 10.1. The highest BCUT2D eigenvalue weighted by Crippen LogP contribution is 2.21. The molecule has 110 valence electrons. The minimum Gasteiger partial charge on any atom is -0.465 e. The number of ether oxygens (including phenoxy) is 2. The number of amides is 1. The Balaban J connectivity index is 2.83. The molecule has 5 heteroatoms. The first-order valence-corrected chi connectivity index (χ1v) is 6.48. The maximum Gasteiger partial charge on any atom is 0.339 e. The van der Waals surface area contributed by atoms with Crippen molar-refractivity contribution in [2.45, 2.75) is 25.9 Å². The number of hydrogen-bond acceptors (Lipinski definition) is 4. The Morgan fingerprint density at radius 3 is 2.50 bits per heavy atom. The second-order valence-electron chi connectivity index (χ2n) is 4.55. The fourth-order valence-electron chi connectivity index (χ4n) is 1.80. The van der Waals surface area contributed by atoms with Gasteiger partial charge in [0.25, 0.3) is 0 Å². The number of methoxy groups -OCH3 is 2. The summed E-state index contributed by atoms with van der Waals surface area (Å²) in [6.45, 7) is 1.91. The smallest absolute Gasteiger partial charge is 0.339 e. The number of carbonyl (C=O) groups is 2. The van der Waals surface area contributed by atoms with Crippen molar-refractivity contribution in [3.8, 4) is 0 Å². The van der Waals surface area contributed by atoms with Crippen molar-refractivity contribution in [2.75, 3.05) is 26.2 Å². The van der Waals surface area contributed by atoms with Crippen molar-refractivity contribution in [2.24, 2.45) is 0 Å². The Hall–Kier alpha value is -1.88. The van der Waals surface area contributed by atoms with E-state index in [0.717, 1.165) is 0 Å². The zero-order valence-corrected chi connectivity index (χ0v) is 12.4. The highest BCUT2D eigenvalue weighted by molar-refractivity contribution is 6.02. The van der Waals surface area contributed by atoms with Crippen molar-refractivity contribution in [1.82, 2.24) is 0 Å². The van der Waals surface area contributed by atoms with Gasteiger partial charge in [0.15, 0.2) is 0 Å². The van der Waals surface area contributed by atoms with Crippen LogP contribution in [0.25, 0.3) is 0 Å². The lowest BCUT2D eigenvalue weighted by Gasteiger charge is -2.20. The van der Waals surface area contributed by atoms with Crippen LogP contribution in [0.15, 0.2) is 24.3 Å². The summed E-state index contributed by atoms with van der Waals surface area (Å²) in [6.07, 6.45) is 1.03. The zero-order valence-electron chi connectivity index (χ0n) is 12.4. The summed E-state index contributed by atoms with van der Waals surface area (Å²) >= 11 is 0. The highest BCUT2D eigenvalue weighted by atomic mass is 16.5. The maximum absolute atomic E-state index is 12.1. The molecule has 0 saturated carbocycles. The summed E-state index contributed by atoms with van der Waals surface area (Å²) in [5.74, 6) is -0.518. The van der Waals surface area contributed by atoms with E-state index >= 15 is 0 Å². The zero-order chi connectivity index (χ0) is 15.1. The van der Waals surface area contributed by atoms with Crippen molar-refractivity contribution in [1.29, 1.82) is 0 Å². The van der Waals surface area contributed by atoms with Gasteiger partial charge in [0.1, 0.15) is 0 Å². The molecule has 0 bridgehead atoms. The lowest BCUT2D eigenvalue weighted by Crippen LogP contribution is -2.28. The van der Waals surface area contributed by atoms with Crippen LogP contribution in [0.5, 0.6) is 0 Å². The molecule has 0 saturated heterocycles. The summed E-state index contributed by atoms with van der Waals surface area (Å²) in [6, 6.07) is 6.89. The third-order valence-corrected chi connectivity index (χ3v) is 3.21. The lowest BCUT2D eigenvalue weighted by molar-refractivity contribution is -0.118. The molecule has 1 aromatic rings. The van der Waals surface area contributed by atoms with Gasteiger partial charge in [-0.1, -0.05) is 12.1 Å². The number of carbonyl (C=O) groups excluding carboxylic acids is 2. The van der Waals surface area contributed by atoms with Crippen molar-refractivity contribution in [3.63, 3.8) is 0 Å². The summed E-state index contributed by atoms with van der Waals surface area (Å²) in [5, 5.41) is 0. The van der Waals surface area contributed by atoms with Crippen molar-refractivity contribution >= 4 is 17.6 Å². The van der Waals surface area contributed by atoms with E-state index in [0.29, 0.717) is 24.1 Å². The number of benzene rings is 1. The highest BCUT2D eigenvalue weighted by Gasteiger charge is 2.18. The van der Waals surface area contributed by atoms with Crippen LogP contribution in [0.4, 0.5) is 5.69 Å². The van der Waals surface area contributed by atoms with E-state index < -0.39 is 5.97 Å². The van der Waals surface area contributed by atoms with Gasteiger partial charge in [0, 0.05) is 20.6 Å². The molecule has 0 fully saturated rings. The SMILES string of the molecule is COC(=O)c1ccccc1N(C)C(=O)CCC(C)OC. The van der Waals surface area contributed by atoms with Crippen LogP contribution in [-0.2, 0) is 14.3 Å². The van der Waals surface area contributed by atoms with Crippen LogP contribution >= 0.6 is 0 Å². The molecule has 1 atom stereocenters. The first kappa shape index (κ1) is 16.2. The summed E-state index contributed by atoms with van der Waals surface area (Å²) in [5.41, 5.74) is 0.931. The van der Waals surface area contributed by atoms with E-state index in [1.54, 1.807) is 38.4 Å². The molecule has 0 aliphatic rings. The first-order chi connectivity index (χ1) is 9.51. The number of rotatable bonds is 6. The molecule has 0 spiro atoms. The van der Waals surface area contributed by atoms with Crippen LogP contribution in [0, 0.1) is 0 Å². The molecule has 0 heterocycles. The molecule has 0 aromatic heterocycles. The number of hydrogen-bond donors (Lipinski definition) is 0. The Morgan fingerprint density at radius 1 is 1.25 bits per heavy atom. The van der Waals surface area contributed by atoms with Gasteiger partial charge in [-0.3, -0.25) is 4.79 Å². The molecule has 1 aromatic carbocycles. The van der Waals surface area contributed by atoms with Gasteiger partial charge in [0.05, 0.1) is 24.5 Å². The number of nitrogens with zero attached hydrogens (tertiary/aromatic N) is 1. The minimum absolute atomic E-state index is 0.0307. The number of anilines is 1. The number of para-hydroxylation sites is 1. The molecule has 20 heavy (non-hydrogen) atoms. The number of esters is 1. The molecule has 5 nitrogen and oxygen atoms in total. The Kier molecular flexibility index (Phi) is 6.18. The van der Waals surface area contributed by atoms with E-state index in [9.17, 15) is 9.59 Å². The predicted octanol–water partition coefficient (Wildman–Crippen LogP) is 2.25. The summed E-state index contributed by atoms with van der Waals surface area (Å²) in [7, 11) is 4.59. The van der Waals surface area contributed by atoms with Gasteiger partial charge in [-0.05, 0) is 25.5 Å². The van der Waals surface area contributed by atoms with E-state index in [-0.39, 0.29) is 12.0 Å². The fraction of sp³-hybridized carbons (Fsp3) is 0.467. The molecule has 0 aliphatic carbocycles. The molecule has 0 radical (unpaired) electrons. The monoisotopic (exact) mass is 279 g/mol. The molecular weight excluding hydrogens is 258 g/mol. The van der Waals surface area contributed by atoms with Gasteiger partial charge in [0.2, 0.25) is 5.91 Å². The third kappa shape index (κ3) is 4.06. The van der Waals surface area contributed by atoms with E-state index in [2.05, 4.69) is 0 Å². The molecule has 0 aliphatic heterocycles. The van der Waals surface area contributed by atoms with E-state index in [1.807, 2.05) is 6.92 Å². The quantitative estimate of drug-likeness (QED) is 0.749. The Bertz CT molecular complexity index is 473. The Labute approximate surface area is 119 Å². The van der Waals surface area contributed by atoms with Crippen LogP contribution in [0.3, 0.4) is 0 Å². The van der Waals surface area contributed by atoms with Gasteiger partial charge in [-0.15, -0.1) is 0 Å². The predicted molar refractivity (Wildman–Crippen MR) is 76.9 cm³/mol. The van der Waals surface area contributed by atoms with Gasteiger partial charge >= 0.3 is 5.97 Å². The Morgan fingerprint density at radius 2 is 1.90 bits per heavy atom. The average molecular weight is 279 g/mol. The first-order valence-electron chi connectivity index (χ1n) is 6.48. The van der Waals surface area contributed by atoms with E-state index in [4.69, 9.17) is 9.47 Å². The molecule has 1 rings (SSSR count). The molecule has 1 amide bonds. The fourth-order valence-corrected chi connectivity index (χ4v) is 1.80. The van der Waals surface area contributed by atoms with Crippen LogP contribution in [0.2, 0.25) is 0 Å². The standard InChI is InChI=1S/C15H21NO4/c1-11(19-3)9-10-14(17)16(2)13-8-6-5-7-12(13)15(18)20-4/h5-8,11H,9-10H2,1-4H3. The minimum atomic E-state index is -0.453. The average Bonchev–Trinajstić information content (AvgIpc) is 2.50. The second-order valence-corrected chi connectivity index (χ2v) is 4.55. The second kappa shape index (κ2) is 7.65. The van der Waals surface area contributed by atoms with E-state index in [1.165, 1.54) is 12.0 Å². The summed E-state index contributed by atoms with van der Waals surface area (Å²) < 4.78 is 9.85.